The molecule has 1 aromatic carbocycles. The number of allylic oxidation sites excluding steroid dienone is 21. The highest BCUT2D eigenvalue weighted by molar-refractivity contribution is 5.81. The highest BCUT2D eigenvalue weighted by Gasteiger charge is 2.44. The van der Waals surface area contributed by atoms with Crippen LogP contribution >= 0.6 is 0 Å². The van der Waals surface area contributed by atoms with Gasteiger partial charge in [-0.25, -0.2) is 0 Å². The van der Waals surface area contributed by atoms with E-state index in [1.54, 1.807) is 17.0 Å². The molecule has 250 valence electrons. The van der Waals surface area contributed by atoms with Crippen LogP contribution in [0.4, 0.5) is 5.69 Å². The molecule has 10 rings (SSSR count). The number of rotatable bonds is 5. The summed E-state index contributed by atoms with van der Waals surface area (Å²) < 4.78 is 0. The summed E-state index contributed by atoms with van der Waals surface area (Å²) in [5.74, 6) is 1.98. The second-order valence-corrected chi connectivity index (χ2v) is 15.5. The van der Waals surface area contributed by atoms with Gasteiger partial charge in [-0.2, -0.15) is 0 Å². The molecule has 0 spiro atoms. The van der Waals surface area contributed by atoms with Crippen molar-refractivity contribution < 1.29 is 0 Å². The molecule has 2 heteroatoms. The number of hydrogen-bond donors (Lipinski definition) is 0. The molecule has 0 saturated heterocycles. The van der Waals surface area contributed by atoms with Gasteiger partial charge in [-0.05, 0) is 128 Å². The second-order valence-electron chi connectivity index (χ2n) is 15.5. The van der Waals surface area contributed by atoms with Crippen molar-refractivity contribution in [1.82, 2.24) is 4.90 Å². The number of anilines is 1. The summed E-state index contributed by atoms with van der Waals surface area (Å²) in [5, 5.41) is 0. The fraction of sp³-hybridized carbons (Fsp3) is 0.333. The summed E-state index contributed by atoms with van der Waals surface area (Å²) in [7, 11) is 0. The molecule has 6 unspecified atom stereocenters. The molecule has 0 aromatic heterocycles. The van der Waals surface area contributed by atoms with Gasteiger partial charge in [0, 0.05) is 40.5 Å². The van der Waals surface area contributed by atoms with Gasteiger partial charge >= 0.3 is 0 Å². The highest BCUT2D eigenvalue weighted by atomic mass is 15.2. The molecule has 0 radical (unpaired) electrons. The number of benzene rings is 1. The van der Waals surface area contributed by atoms with Crippen LogP contribution in [0.5, 0.6) is 0 Å². The van der Waals surface area contributed by atoms with Gasteiger partial charge in [-0.15, -0.1) is 0 Å². The van der Waals surface area contributed by atoms with Gasteiger partial charge in [0.25, 0.3) is 0 Å². The zero-order valence-corrected chi connectivity index (χ0v) is 29.1. The SMILES string of the molecule is C1=CCCC(C2=CC=C(N3c4ccc(C5=CC6C7=C(CCC=C7)N(C7=CC=CCC7C7C=CCCC7)C6C=C5)cc4C4C=CC=CC43)CC2)=C1. The molecule has 9 aliphatic rings. The first kappa shape index (κ1) is 30.3. The Morgan fingerprint density at radius 2 is 1.54 bits per heavy atom. The minimum Gasteiger partial charge on any atom is -0.340 e. The molecule has 1 aromatic rings. The average Bonchev–Trinajstić information content (AvgIpc) is 3.71. The summed E-state index contributed by atoms with van der Waals surface area (Å²) in [6.45, 7) is 0. The Kier molecular flexibility index (Phi) is 7.66. The average molecular weight is 653 g/mol. The van der Waals surface area contributed by atoms with E-state index in [0.717, 1.165) is 38.5 Å². The Morgan fingerprint density at radius 1 is 0.640 bits per heavy atom. The summed E-state index contributed by atoms with van der Waals surface area (Å²) in [4.78, 5) is 5.43. The molecule has 2 nitrogen and oxygen atoms in total. The summed E-state index contributed by atoms with van der Waals surface area (Å²) in [6.07, 6.45) is 57.5. The Morgan fingerprint density at radius 3 is 2.42 bits per heavy atom. The lowest BCUT2D eigenvalue weighted by Crippen LogP contribution is -2.37. The maximum Gasteiger partial charge on any atom is 0.0626 e. The van der Waals surface area contributed by atoms with Crippen molar-refractivity contribution in [3.8, 4) is 0 Å². The zero-order chi connectivity index (χ0) is 33.0. The van der Waals surface area contributed by atoms with E-state index in [1.165, 1.54) is 64.9 Å². The standard InChI is InChI=1S/C48H48N2/c1-3-13-33(14-4-1)34-23-27-38(28-24-34)49-45-21-11-8-18-40(45)42-31-36(25-29-47(42)49)37-26-30-48-43(32-37)41-19-9-12-22-46(41)50(48)44-20-10-7-17-39(44)35-15-5-2-6-16-35/h1,3,5,7-11,13,15,18-21,23,25-27,29-32,35,39-40,43,45,48H,2,4,6,12,14,16-17,22,24,28H2. The minimum atomic E-state index is 0.344. The van der Waals surface area contributed by atoms with Crippen LogP contribution in [-0.2, 0) is 0 Å². The van der Waals surface area contributed by atoms with Crippen molar-refractivity contribution in [3.05, 3.63) is 179 Å². The van der Waals surface area contributed by atoms with Crippen LogP contribution in [0.1, 0.15) is 81.3 Å². The van der Waals surface area contributed by atoms with Gasteiger partial charge < -0.3 is 9.80 Å². The molecule has 0 amide bonds. The van der Waals surface area contributed by atoms with Crippen LogP contribution in [0.3, 0.4) is 0 Å². The molecule has 0 N–H and O–H groups in total. The normalized spacial score (nSPS) is 31.9. The van der Waals surface area contributed by atoms with E-state index in [0.29, 0.717) is 35.8 Å². The number of nitrogens with zero attached hydrogens (tertiary/aromatic N) is 2. The van der Waals surface area contributed by atoms with E-state index in [4.69, 9.17) is 0 Å². The number of hydrogen-bond acceptors (Lipinski definition) is 2. The van der Waals surface area contributed by atoms with E-state index >= 15 is 0 Å². The van der Waals surface area contributed by atoms with Gasteiger partial charge in [-0.1, -0.05) is 109 Å². The van der Waals surface area contributed by atoms with Crippen LogP contribution < -0.4 is 4.90 Å². The monoisotopic (exact) mass is 652 g/mol. The first-order chi connectivity index (χ1) is 24.8. The van der Waals surface area contributed by atoms with E-state index in [9.17, 15) is 0 Å². The molecule has 2 heterocycles. The van der Waals surface area contributed by atoms with Crippen LogP contribution in [0.25, 0.3) is 5.57 Å². The largest absolute Gasteiger partial charge is 0.340 e. The molecular weight excluding hydrogens is 605 g/mol. The van der Waals surface area contributed by atoms with Crippen molar-refractivity contribution in [1.29, 1.82) is 0 Å². The fourth-order valence-electron chi connectivity index (χ4n) is 10.4. The summed E-state index contributed by atoms with van der Waals surface area (Å²) >= 11 is 0. The molecule has 50 heavy (non-hydrogen) atoms. The van der Waals surface area contributed by atoms with Gasteiger partial charge in [-0.3, -0.25) is 0 Å². The molecule has 0 fully saturated rings. The second kappa shape index (κ2) is 12.6. The van der Waals surface area contributed by atoms with Crippen LogP contribution in [0.15, 0.2) is 167 Å². The zero-order valence-electron chi connectivity index (χ0n) is 29.1. The smallest absolute Gasteiger partial charge is 0.0626 e. The van der Waals surface area contributed by atoms with E-state index in [-0.39, 0.29) is 0 Å². The van der Waals surface area contributed by atoms with Crippen molar-refractivity contribution in [2.24, 2.45) is 17.8 Å². The lowest BCUT2D eigenvalue weighted by atomic mass is 9.78. The van der Waals surface area contributed by atoms with Gasteiger partial charge in [0.2, 0.25) is 0 Å². The minimum absolute atomic E-state index is 0.344. The molecule has 2 aliphatic heterocycles. The summed E-state index contributed by atoms with van der Waals surface area (Å²) in [5.41, 5.74) is 14.7. The highest BCUT2D eigenvalue weighted by Crippen LogP contribution is 2.51. The van der Waals surface area contributed by atoms with Crippen molar-refractivity contribution in [2.45, 2.75) is 82.2 Å². The Hall–Kier alpha value is -4.56. The summed E-state index contributed by atoms with van der Waals surface area (Å²) in [6, 6.07) is 8.05. The first-order valence-corrected chi connectivity index (χ1v) is 19.5. The lowest BCUT2D eigenvalue weighted by molar-refractivity contribution is 0.274. The molecule has 0 bridgehead atoms. The maximum atomic E-state index is 2.79. The topological polar surface area (TPSA) is 6.48 Å². The quantitative estimate of drug-likeness (QED) is 0.292. The molecule has 0 saturated carbocycles. The maximum absolute atomic E-state index is 2.79. The van der Waals surface area contributed by atoms with Crippen molar-refractivity contribution >= 4 is 11.3 Å². The first-order valence-electron chi connectivity index (χ1n) is 19.5. The predicted molar refractivity (Wildman–Crippen MR) is 209 cm³/mol. The third-order valence-electron chi connectivity index (χ3n) is 12.8. The Bertz CT molecular complexity index is 2010. The van der Waals surface area contributed by atoms with Gasteiger partial charge in [0.1, 0.15) is 0 Å². The third-order valence-corrected chi connectivity index (χ3v) is 12.8. The van der Waals surface area contributed by atoms with Gasteiger partial charge in [0.05, 0.1) is 12.1 Å². The van der Waals surface area contributed by atoms with Gasteiger partial charge in [0.15, 0.2) is 0 Å². The lowest BCUT2D eigenvalue weighted by Gasteiger charge is -2.40. The molecule has 7 aliphatic carbocycles. The molecular formula is C48H48N2. The van der Waals surface area contributed by atoms with E-state index in [1.807, 2.05) is 0 Å². The van der Waals surface area contributed by atoms with Crippen molar-refractivity contribution in [3.63, 3.8) is 0 Å². The third kappa shape index (κ3) is 5.05. The molecule has 6 atom stereocenters. The Labute approximate surface area is 298 Å². The fourth-order valence-corrected chi connectivity index (χ4v) is 10.4. The Balaban J connectivity index is 0.971. The predicted octanol–water partition coefficient (Wildman–Crippen LogP) is 11.6. The van der Waals surface area contributed by atoms with Crippen LogP contribution in [0.2, 0.25) is 0 Å². The van der Waals surface area contributed by atoms with Crippen molar-refractivity contribution in [2.75, 3.05) is 4.90 Å². The van der Waals surface area contributed by atoms with E-state index < -0.39 is 0 Å². The van der Waals surface area contributed by atoms with Crippen LogP contribution in [-0.4, -0.2) is 17.0 Å². The van der Waals surface area contributed by atoms with E-state index in [2.05, 4.69) is 143 Å². The van der Waals surface area contributed by atoms with Crippen LogP contribution in [0, 0.1) is 17.8 Å². The number of fused-ring (bicyclic) bond motifs is 5.